The van der Waals surface area contributed by atoms with Gasteiger partial charge in [0.1, 0.15) is 0 Å². The van der Waals surface area contributed by atoms with Crippen LogP contribution in [0.25, 0.3) is 0 Å². The third kappa shape index (κ3) is 3.89. The van der Waals surface area contributed by atoms with Crippen LogP contribution in [0.1, 0.15) is 29.3 Å². The molecule has 0 saturated heterocycles. The Morgan fingerprint density at radius 2 is 2.00 bits per heavy atom. The van der Waals surface area contributed by atoms with Gasteiger partial charge in [0.2, 0.25) is 0 Å². The van der Waals surface area contributed by atoms with Gasteiger partial charge in [-0.3, -0.25) is 9.88 Å². The highest BCUT2D eigenvalue weighted by molar-refractivity contribution is 5.31. The van der Waals surface area contributed by atoms with Gasteiger partial charge in [0.05, 0.1) is 5.69 Å². The van der Waals surface area contributed by atoms with Crippen LogP contribution in [0, 0.1) is 6.92 Å². The minimum Gasteiger partial charge on any atom is -0.326 e. The summed E-state index contributed by atoms with van der Waals surface area (Å²) in [6, 6.07) is 12.6. The van der Waals surface area contributed by atoms with E-state index in [4.69, 9.17) is 5.73 Å². The van der Waals surface area contributed by atoms with E-state index in [1.54, 1.807) is 0 Å². The predicted molar refractivity (Wildman–Crippen MR) is 83.1 cm³/mol. The molecule has 2 aromatic rings. The van der Waals surface area contributed by atoms with Crippen molar-refractivity contribution in [2.45, 2.75) is 33.5 Å². The highest BCUT2D eigenvalue weighted by Gasteiger charge is 2.08. The summed E-state index contributed by atoms with van der Waals surface area (Å²) in [6.07, 6.45) is 1.85. The highest BCUT2D eigenvalue weighted by Crippen LogP contribution is 2.14. The molecule has 3 nitrogen and oxygen atoms in total. The van der Waals surface area contributed by atoms with Gasteiger partial charge in [-0.1, -0.05) is 31.2 Å². The molecule has 0 radical (unpaired) electrons. The van der Waals surface area contributed by atoms with Crippen molar-refractivity contribution in [2.24, 2.45) is 5.73 Å². The molecule has 0 saturated carbocycles. The zero-order valence-corrected chi connectivity index (χ0v) is 12.3. The van der Waals surface area contributed by atoms with E-state index in [0.29, 0.717) is 6.54 Å². The molecule has 106 valence electrons. The van der Waals surface area contributed by atoms with Crippen molar-refractivity contribution >= 4 is 0 Å². The first kappa shape index (κ1) is 14.7. The van der Waals surface area contributed by atoms with Gasteiger partial charge in [0.15, 0.2) is 0 Å². The van der Waals surface area contributed by atoms with E-state index in [2.05, 4.69) is 48.0 Å². The Labute approximate surface area is 121 Å². The number of aryl methyl sites for hydroxylation is 1. The molecule has 3 heteroatoms. The number of nitrogens with two attached hydrogens (primary N) is 1. The second kappa shape index (κ2) is 7.17. The van der Waals surface area contributed by atoms with Crippen LogP contribution >= 0.6 is 0 Å². The van der Waals surface area contributed by atoms with Crippen LogP contribution < -0.4 is 5.73 Å². The largest absolute Gasteiger partial charge is 0.326 e. The minimum absolute atomic E-state index is 0.604. The Bertz CT molecular complexity index is 537. The van der Waals surface area contributed by atoms with E-state index >= 15 is 0 Å². The second-order valence-corrected chi connectivity index (χ2v) is 5.09. The molecule has 0 aliphatic heterocycles. The van der Waals surface area contributed by atoms with Gasteiger partial charge in [0.25, 0.3) is 0 Å². The van der Waals surface area contributed by atoms with Gasteiger partial charge < -0.3 is 5.73 Å². The van der Waals surface area contributed by atoms with Crippen LogP contribution in [0.5, 0.6) is 0 Å². The van der Waals surface area contributed by atoms with Crippen LogP contribution in [-0.2, 0) is 19.6 Å². The predicted octanol–water partition coefficient (Wildman–Crippen LogP) is 2.87. The molecule has 0 aliphatic rings. The normalized spacial score (nSPS) is 11.0. The molecule has 1 aromatic carbocycles. The lowest BCUT2D eigenvalue weighted by molar-refractivity contribution is 0.267. The van der Waals surface area contributed by atoms with Crippen molar-refractivity contribution in [1.29, 1.82) is 0 Å². The van der Waals surface area contributed by atoms with Crippen molar-refractivity contribution in [3.8, 4) is 0 Å². The molecule has 0 unspecified atom stereocenters. The van der Waals surface area contributed by atoms with Crippen LogP contribution in [0.4, 0.5) is 0 Å². The number of nitrogens with zero attached hydrogens (tertiary/aromatic N) is 2. The summed E-state index contributed by atoms with van der Waals surface area (Å²) in [5, 5.41) is 0. The molecule has 1 aromatic heterocycles. The minimum atomic E-state index is 0.604. The molecule has 0 aliphatic carbocycles. The Kier molecular flexibility index (Phi) is 5.27. The number of benzene rings is 1. The van der Waals surface area contributed by atoms with Crippen LogP contribution in [0.2, 0.25) is 0 Å². The topological polar surface area (TPSA) is 42.2 Å². The number of hydrogen-bond donors (Lipinski definition) is 1. The fourth-order valence-electron chi connectivity index (χ4n) is 2.30. The first-order chi connectivity index (χ1) is 9.72. The Morgan fingerprint density at radius 3 is 2.60 bits per heavy atom. The molecule has 1 heterocycles. The third-order valence-corrected chi connectivity index (χ3v) is 3.60. The number of aromatic nitrogens is 1. The van der Waals surface area contributed by atoms with Crippen molar-refractivity contribution < 1.29 is 0 Å². The second-order valence-electron chi connectivity index (χ2n) is 5.09. The summed E-state index contributed by atoms with van der Waals surface area (Å²) in [5.74, 6) is 0. The van der Waals surface area contributed by atoms with Gasteiger partial charge in [-0.25, -0.2) is 0 Å². The maximum absolute atomic E-state index is 5.68. The molecule has 2 N–H and O–H groups in total. The van der Waals surface area contributed by atoms with Gasteiger partial charge in [-0.2, -0.15) is 0 Å². The van der Waals surface area contributed by atoms with E-state index in [0.717, 1.165) is 25.3 Å². The van der Waals surface area contributed by atoms with E-state index < -0.39 is 0 Å². The summed E-state index contributed by atoms with van der Waals surface area (Å²) < 4.78 is 0. The molecular formula is C17H23N3. The molecule has 2 rings (SSSR count). The fourth-order valence-corrected chi connectivity index (χ4v) is 2.30. The molecule has 0 spiro atoms. The standard InChI is InChI=1S/C17H23N3/c1-3-20(13-17-6-4-5-9-19-17)12-16-8-7-15(11-18)10-14(16)2/h4-10H,3,11-13,18H2,1-2H3. The lowest BCUT2D eigenvalue weighted by Gasteiger charge is -2.21. The Hall–Kier alpha value is -1.71. The summed E-state index contributed by atoms with van der Waals surface area (Å²) in [6.45, 7) is 7.79. The van der Waals surface area contributed by atoms with Crippen LogP contribution in [0.3, 0.4) is 0 Å². The van der Waals surface area contributed by atoms with E-state index in [1.165, 1.54) is 16.7 Å². The van der Waals surface area contributed by atoms with E-state index in [1.807, 2.05) is 18.3 Å². The van der Waals surface area contributed by atoms with Crippen molar-refractivity contribution in [3.63, 3.8) is 0 Å². The van der Waals surface area contributed by atoms with Crippen molar-refractivity contribution in [1.82, 2.24) is 9.88 Å². The number of hydrogen-bond acceptors (Lipinski definition) is 3. The van der Waals surface area contributed by atoms with Crippen LogP contribution in [-0.4, -0.2) is 16.4 Å². The Balaban J connectivity index is 2.06. The summed E-state index contributed by atoms with van der Waals surface area (Å²) in [7, 11) is 0. The van der Waals surface area contributed by atoms with E-state index in [-0.39, 0.29) is 0 Å². The monoisotopic (exact) mass is 269 g/mol. The summed E-state index contributed by atoms with van der Waals surface area (Å²) >= 11 is 0. The molecule has 20 heavy (non-hydrogen) atoms. The zero-order chi connectivity index (χ0) is 14.4. The lowest BCUT2D eigenvalue weighted by atomic mass is 10.0. The molecule has 0 bridgehead atoms. The molecule has 0 amide bonds. The third-order valence-electron chi connectivity index (χ3n) is 3.60. The average Bonchev–Trinajstić information content (AvgIpc) is 2.49. The molecule has 0 fully saturated rings. The molecular weight excluding hydrogens is 246 g/mol. The van der Waals surface area contributed by atoms with Gasteiger partial charge >= 0.3 is 0 Å². The number of pyridine rings is 1. The van der Waals surface area contributed by atoms with Crippen LogP contribution in [0.15, 0.2) is 42.6 Å². The maximum Gasteiger partial charge on any atom is 0.0544 e. The van der Waals surface area contributed by atoms with Gasteiger partial charge in [0, 0.05) is 25.8 Å². The first-order valence-electron chi connectivity index (χ1n) is 7.13. The zero-order valence-electron chi connectivity index (χ0n) is 12.3. The quantitative estimate of drug-likeness (QED) is 0.877. The smallest absolute Gasteiger partial charge is 0.0544 e. The number of rotatable bonds is 6. The maximum atomic E-state index is 5.68. The fraction of sp³-hybridized carbons (Fsp3) is 0.353. The SMILES string of the molecule is CCN(Cc1ccccn1)Cc1ccc(CN)cc1C. The molecule has 0 atom stereocenters. The van der Waals surface area contributed by atoms with E-state index in [9.17, 15) is 0 Å². The Morgan fingerprint density at radius 1 is 1.15 bits per heavy atom. The summed E-state index contributed by atoms with van der Waals surface area (Å²) in [5.41, 5.74) is 10.7. The highest BCUT2D eigenvalue weighted by atomic mass is 15.1. The average molecular weight is 269 g/mol. The lowest BCUT2D eigenvalue weighted by Crippen LogP contribution is -2.23. The van der Waals surface area contributed by atoms with Gasteiger partial charge in [-0.15, -0.1) is 0 Å². The van der Waals surface area contributed by atoms with Crippen molar-refractivity contribution in [3.05, 3.63) is 65.0 Å². The summed E-state index contributed by atoms with van der Waals surface area (Å²) in [4.78, 5) is 6.80. The van der Waals surface area contributed by atoms with Crippen molar-refractivity contribution in [2.75, 3.05) is 6.54 Å². The van der Waals surface area contributed by atoms with Gasteiger partial charge in [-0.05, 0) is 42.3 Å². The first-order valence-corrected chi connectivity index (χ1v) is 7.13.